The molecule has 0 radical (unpaired) electrons. The van der Waals surface area contributed by atoms with Crippen molar-refractivity contribution in [2.45, 2.75) is 46.0 Å². The van der Waals surface area contributed by atoms with Crippen molar-refractivity contribution in [2.75, 3.05) is 5.88 Å². The number of halogens is 1. The Labute approximate surface area is 163 Å². The van der Waals surface area contributed by atoms with E-state index in [1.807, 2.05) is 0 Å². The van der Waals surface area contributed by atoms with E-state index in [0.717, 1.165) is 6.42 Å². The van der Waals surface area contributed by atoms with Crippen molar-refractivity contribution in [1.82, 2.24) is 5.32 Å². The predicted molar refractivity (Wildman–Crippen MR) is 105 cm³/mol. The van der Waals surface area contributed by atoms with E-state index < -0.39 is 10.8 Å². The summed E-state index contributed by atoms with van der Waals surface area (Å²) in [5.41, 5.74) is 2.77. The van der Waals surface area contributed by atoms with Crippen LogP contribution in [0.4, 0.5) is 5.69 Å². The molecule has 1 N–H and O–H groups in total. The predicted octanol–water partition coefficient (Wildman–Crippen LogP) is 4.40. The van der Waals surface area contributed by atoms with Crippen molar-refractivity contribution < 1.29 is 14.5 Å². The number of ketones is 2. The number of rotatable bonds is 8. The highest BCUT2D eigenvalue weighted by Gasteiger charge is 2.35. The van der Waals surface area contributed by atoms with E-state index in [2.05, 4.69) is 5.32 Å². The van der Waals surface area contributed by atoms with Gasteiger partial charge in [0.25, 0.3) is 5.69 Å². The number of dihydropyridines is 1. The molecule has 2 rings (SSSR count). The quantitative estimate of drug-likeness (QED) is 0.307. The Kier molecular flexibility index (Phi) is 6.91. The summed E-state index contributed by atoms with van der Waals surface area (Å²) < 4.78 is 0. The molecule has 0 aromatic heterocycles. The lowest BCUT2D eigenvalue weighted by atomic mass is 9.76. The second-order valence-electron chi connectivity index (χ2n) is 6.61. The molecule has 0 saturated carbocycles. The molecule has 0 aliphatic carbocycles. The molecule has 1 aromatic rings. The van der Waals surface area contributed by atoms with E-state index in [9.17, 15) is 19.7 Å². The Morgan fingerprint density at radius 2 is 1.85 bits per heavy atom. The van der Waals surface area contributed by atoms with Gasteiger partial charge < -0.3 is 5.32 Å². The summed E-state index contributed by atoms with van der Waals surface area (Å²) in [5.74, 6) is -0.384. The van der Waals surface area contributed by atoms with Gasteiger partial charge in [0, 0.05) is 52.9 Å². The number of allylic oxidation sites excluding steroid dienone is 4. The molecule has 0 saturated heterocycles. The Morgan fingerprint density at radius 3 is 2.44 bits per heavy atom. The number of nitro benzene ring substituents is 1. The summed E-state index contributed by atoms with van der Waals surface area (Å²) in [6, 6.07) is 6.13. The van der Waals surface area contributed by atoms with E-state index in [1.54, 1.807) is 26.0 Å². The molecular formula is C20H23ClN2O4. The molecule has 1 heterocycles. The van der Waals surface area contributed by atoms with Crippen molar-refractivity contribution in [3.63, 3.8) is 0 Å². The van der Waals surface area contributed by atoms with Crippen molar-refractivity contribution in [1.29, 1.82) is 0 Å². The SMILES string of the molecule is CC(=O)C1=C(C)NC(C)=C(C(=O)CCCCCl)C1c1cccc([N+](=O)[O-])c1. The molecule has 0 spiro atoms. The zero-order valence-electron chi connectivity index (χ0n) is 15.7. The van der Waals surface area contributed by atoms with E-state index in [4.69, 9.17) is 11.6 Å². The number of carbonyl (C=O) groups excluding carboxylic acids is 2. The first-order valence-electron chi connectivity index (χ1n) is 8.81. The summed E-state index contributed by atoms with van der Waals surface area (Å²) in [4.78, 5) is 36.0. The van der Waals surface area contributed by atoms with Gasteiger partial charge in [-0.15, -0.1) is 11.6 Å². The molecule has 1 atom stereocenters. The number of hydrogen-bond acceptors (Lipinski definition) is 5. The zero-order chi connectivity index (χ0) is 20.1. The number of nitrogens with one attached hydrogen (secondary N) is 1. The van der Waals surface area contributed by atoms with Gasteiger partial charge in [-0.2, -0.15) is 0 Å². The van der Waals surface area contributed by atoms with Crippen molar-refractivity contribution in [3.05, 3.63) is 62.5 Å². The molecule has 1 unspecified atom stereocenters. The first-order valence-corrected chi connectivity index (χ1v) is 9.34. The molecule has 0 bridgehead atoms. The summed E-state index contributed by atoms with van der Waals surface area (Å²) in [6.45, 7) is 5.01. The van der Waals surface area contributed by atoms with Gasteiger partial charge >= 0.3 is 0 Å². The minimum atomic E-state index is -0.618. The molecule has 0 fully saturated rings. The third-order valence-electron chi connectivity index (χ3n) is 4.64. The van der Waals surface area contributed by atoms with Crippen molar-refractivity contribution >= 4 is 28.9 Å². The fourth-order valence-electron chi connectivity index (χ4n) is 3.50. The zero-order valence-corrected chi connectivity index (χ0v) is 16.4. The van der Waals surface area contributed by atoms with Crippen molar-refractivity contribution in [3.8, 4) is 0 Å². The van der Waals surface area contributed by atoms with Crippen LogP contribution in [0.25, 0.3) is 0 Å². The molecule has 6 nitrogen and oxygen atoms in total. The number of unbranched alkanes of at least 4 members (excludes halogenated alkanes) is 1. The van der Waals surface area contributed by atoms with Crippen LogP contribution in [0.15, 0.2) is 46.8 Å². The molecule has 7 heteroatoms. The summed E-state index contributed by atoms with van der Waals surface area (Å²) in [5, 5.41) is 14.3. The van der Waals surface area contributed by atoms with Crippen LogP contribution in [0.3, 0.4) is 0 Å². The van der Waals surface area contributed by atoms with Crippen molar-refractivity contribution in [2.24, 2.45) is 0 Å². The number of hydrogen-bond donors (Lipinski definition) is 1. The first kappa shape index (κ1) is 20.8. The molecule has 0 amide bonds. The van der Waals surface area contributed by atoms with Gasteiger partial charge in [-0.3, -0.25) is 19.7 Å². The highest BCUT2D eigenvalue weighted by molar-refractivity contribution is 6.17. The summed E-state index contributed by atoms with van der Waals surface area (Å²) in [6.07, 6.45) is 1.69. The average Bonchev–Trinajstić information content (AvgIpc) is 2.60. The number of nitro groups is 1. The van der Waals surface area contributed by atoms with Gasteiger partial charge in [-0.25, -0.2) is 0 Å². The topological polar surface area (TPSA) is 89.3 Å². The van der Waals surface area contributed by atoms with E-state index in [-0.39, 0.29) is 17.3 Å². The second kappa shape index (κ2) is 8.95. The van der Waals surface area contributed by atoms with Crippen LogP contribution in [0.5, 0.6) is 0 Å². The van der Waals surface area contributed by atoms with Crippen LogP contribution in [0.1, 0.15) is 51.5 Å². The molecule has 1 aliphatic heterocycles. The fraction of sp³-hybridized carbons (Fsp3) is 0.400. The smallest absolute Gasteiger partial charge is 0.269 e. The third-order valence-corrected chi connectivity index (χ3v) is 4.91. The lowest BCUT2D eigenvalue weighted by molar-refractivity contribution is -0.384. The van der Waals surface area contributed by atoms with Crippen LogP contribution >= 0.6 is 11.6 Å². The lowest BCUT2D eigenvalue weighted by Crippen LogP contribution is -2.30. The van der Waals surface area contributed by atoms with Gasteiger partial charge in [0.1, 0.15) is 0 Å². The Balaban J connectivity index is 2.57. The highest BCUT2D eigenvalue weighted by Crippen LogP contribution is 2.40. The van der Waals surface area contributed by atoms with E-state index in [0.29, 0.717) is 46.8 Å². The van der Waals surface area contributed by atoms with E-state index >= 15 is 0 Å². The fourth-order valence-corrected chi connectivity index (χ4v) is 3.69. The van der Waals surface area contributed by atoms with Crippen LogP contribution in [0, 0.1) is 10.1 Å². The Morgan fingerprint density at radius 1 is 1.19 bits per heavy atom. The second-order valence-corrected chi connectivity index (χ2v) is 6.99. The van der Waals surface area contributed by atoms with Crippen LogP contribution < -0.4 is 5.32 Å². The highest BCUT2D eigenvalue weighted by atomic mass is 35.5. The number of carbonyl (C=O) groups is 2. The number of alkyl halides is 1. The number of non-ortho nitro benzene ring substituents is 1. The molecule has 1 aliphatic rings. The monoisotopic (exact) mass is 390 g/mol. The molecule has 27 heavy (non-hydrogen) atoms. The maximum Gasteiger partial charge on any atom is 0.269 e. The van der Waals surface area contributed by atoms with Gasteiger partial charge in [0.2, 0.25) is 0 Å². The van der Waals surface area contributed by atoms with Crippen LogP contribution in [-0.2, 0) is 9.59 Å². The summed E-state index contributed by atoms with van der Waals surface area (Å²) in [7, 11) is 0. The van der Waals surface area contributed by atoms with Gasteiger partial charge in [-0.05, 0) is 39.2 Å². The molecule has 144 valence electrons. The summed E-state index contributed by atoms with van der Waals surface area (Å²) >= 11 is 5.70. The minimum absolute atomic E-state index is 0.0711. The minimum Gasteiger partial charge on any atom is -0.362 e. The number of benzene rings is 1. The largest absolute Gasteiger partial charge is 0.362 e. The van der Waals surface area contributed by atoms with Crippen LogP contribution in [0.2, 0.25) is 0 Å². The first-order chi connectivity index (χ1) is 12.8. The third kappa shape index (κ3) is 4.63. The normalized spacial score (nSPS) is 17.0. The maximum atomic E-state index is 13.0. The van der Waals surface area contributed by atoms with Gasteiger partial charge in [0.05, 0.1) is 4.92 Å². The molecule has 1 aromatic carbocycles. The lowest BCUT2D eigenvalue weighted by Gasteiger charge is -2.31. The molecular weight excluding hydrogens is 368 g/mol. The van der Waals surface area contributed by atoms with Crippen LogP contribution in [-0.4, -0.2) is 22.4 Å². The van der Waals surface area contributed by atoms with Gasteiger partial charge in [0.15, 0.2) is 11.6 Å². The maximum absolute atomic E-state index is 13.0. The van der Waals surface area contributed by atoms with Gasteiger partial charge in [-0.1, -0.05) is 12.1 Å². The number of Topliss-reactive ketones (excluding diaryl/α,β-unsaturated/α-hetero) is 2. The van der Waals surface area contributed by atoms with E-state index in [1.165, 1.54) is 19.1 Å². The standard InChI is InChI=1S/C20H23ClN2O4/c1-12-18(14(3)24)20(15-7-6-8-16(11-15)23(26)27)19(13(2)22-12)17(25)9-4-5-10-21/h6-8,11,20,22H,4-5,9-10H2,1-3H3. The average molecular weight is 391 g/mol. The Hall–Kier alpha value is -2.47. The Bertz CT molecular complexity index is 842. The number of nitrogens with zero attached hydrogens (tertiary/aromatic N) is 1.